The number of hydrogen-bond donors (Lipinski definition) is 2. The molecule has 21 heavy (non-hydrogen) atoms. The van der Waals surface area contributed by atoms with E-state index in [2.05, 4.69) is 21.4 Å². The Morgan fingerprint density at radius 1 is 1.14 bits per heavy atom. The van der Waals surface area contributed by atoms with Crippen LogP contribution in [0.1, 0.15) is 11.1 Å². The average Bonchev–Trinajstić information content (AvgIpc) is 2.40. The normalized spacial score (nSPS) is 12.4. The van der Waals surface area contributed by atoms with Crippen LogP contribution in [0.25, 0.3) is 0 Å². The average molecular weight is 392 g/mol. The van der Waals surface area contributed by atoms with Gasteiger partial charge in [-0.15, -0.1) is 0 Å². The van der Waals surface area contributed by atoms with Crippen molar-refractivity contribution in [2.45, 2.75) is 18.9 Å². The van der Waals surface area contributed by atoms with E-state index in [-0.39, 0.29) is 11.9 Å². The Bertz CT molecular complexity index is 597. The van der Waals surface area contributed by atoms with Gasteiger partial charge in [0.1, 0.15) is 5.82 Å². The molecular formula is C15H14BrCl2FN2. The van der Waals surface area contributed by atoms with Crippen LogP contribution in [0.4, 0.5) is 4.39 Å². The van der Waals surface area contributed by atoms with Gasteiger partial charge in [0.2, 0.25) is 0 Å². The van der Waals surface area contributed by atoms with Crippen LogP contribution in [0.5, 0.6) is 0 Å². The predicted octanol–water partition coefficient (Wildman–Crippen LogP) is 4.51. The highest BCUT2D eigenvalue weighted by atomic mass is 79.9. The van der Waals surface area contributed by atoms with Crippen LogP contribution in [0.15, 0.2) is 40.9 Å². The summed E-state index contributed by atoms with van der Waals surface area (Å²) in [6.45, 7) is 0. The standard InChI is InChI=1S/C15H14BrCl2FN2/c16-10-4-9(5-11(19)7-10)6-12(21-20)8-13-14(17)2-1-3-15(13)18/h1-5,7,12,21H,6,8,20H2. The molecule has 0 spiro atoms. The Kier molecular flexibility index (Phi) is 6.02. The number of nitrogens with one attached hydrogen (secondary N) is 1. The SMILES string of the molecule is NNC(Cc1cc(F)cc(Br)c1)Cc1c(Cl)cccc1Cl. The van der Waals surface area contributed by atoms with Gasteiger partial charge in [0.15, 0.2) is 0 Å². The molecule has 2 rings (SSSR count). The second-order valence-electron chi connectivity index (χ2n) is 4.75. The van der Waals surface area contributed by atoms with Gasteiger partial charge >= 0.3 is 0 Å². The van der Waals surface area contributed by atoms with Crippen molar-refractivity contribution < 1.29 is 4.39 Å². The minimum Gasteiger partial charge on any atom is -0.271 e. The number of nitrogens with two attached hydrogens (primary N) is 1. The fraction of sp³-hybridized carbons (Fsp3) is 0.200. The molecule has 1 atom stereocenters. The second kappa shape index (κ2) is 7.56. The number of hydrogen-bond acceptors (Lipinski definition) is 2. The smallest absolute Gasteiger partial charge is 0.124 e. The zero-order chi connectivity index (χ0) is 15.4. The molecular weight excluding hydrogens is 378 g/mol. The van der Waals surface area contributed by atoms with Crippen molar-refractivity contribution in [1.29, 1.82) is 0 Å². The predicted molar refractivity (Wildman–Crippen MR) is 89.1 cm³/mol. The van der Waals surface area contributed by atoms with Crippen molar-refractivity contribution >= 4 is 39.1 Å². The minimum absolute atomic E-state index is 0.101. The Balaban J connectivity index is 2.17. The molecule has 0 saturated heterocycles. The summed E-state index contributed by atoms with van der Waals surface area (Å²) in [5.41, 5.74) is 4.41. The fourth-order valence-corrected chi connectivity index (χ4v) is 3.24. The summed E-state index contributed by atoms with van der Waals surface area (Å²) in [5, 5.41) is 1.20. The van der Waals surface area contributed by atoms with E-state index in [0.29, 0.717) is 27.4 Å². The molecule has 0 radical (unpaired) electrons. The summed E-state index contributed by atoms with van der Waals surface area (Å²) in [4.78, 5) is 0. The lowest BCUT2D eigenvalue weighted by atomic mass is 9.99. The third kappa shape index (κ3) is 4.66. The van der Waals surface area contributed by atoms with Crippen LogP contribution < -0.4 is 11.3 Å². The molecule has 0 aliphatic rings. The number of rotatable bonds is 5. The maximum absolute atomic E-state index is 13.4. The number of hydrazine groups is 1. The molecule has 3 N–H and O–H groups in total. The molecule has 0 heterocycles. The van der Waals surface area contributed by atoms with E-state index in [0.717, 1.165) is 11.1 Å². The molecule has 6 heteroatoms. The topological polar surface area (TPSA) is 38.0 Å². The molecule has 2 nitrogen and oxygen atoms in total. The van der Waals surface area contributed by atoms with E-state index < -0.39 is 0 Å². The summed E-state index contributed by atoms with van der Waals surface area (Å²) < 4.78 is 14.1. The largest absolute Gasteiger partial charge is 0.271 e. The van der Waals surface area contributed by atoms with Gasteiger partial charge in [-0.1, -0.05) is 45.2 Å². The lowest BCUT2D eigenvalue weighted by molar-refractivity contribution is 0.520. The highest BCUT2D eigenvalue weighted by molar-refractivity contribution is 9.10. The Morgan fingerprint density at radius 3 is 2.38 bits per heavy atom. The van der Waals surface area contributed by atoms with Crippen LogP contribution in [0.3, 0.4) is 0 Å². The molecule has 2 aromatic carbocycles. The van der Waals surface area contributed by atoms with Gasteiger partial charge in [-0.2, -0.15) is 0 Å². The van der Waals surface area contributed by atoms with E-state index in [1.54, 1.807) is 18.2 Å². The van der Waals surface area contributed by atoms with Crippen LogP contribution in [-0.2, 0) is 12.8 Å². The summed E-state index contributed by atoms with van der Waals surface area (Å²) in [5.74, 6) is 5.32. The molecule has 0 bridgehead atoms. The van der Waals surface area contributed by atoms with Gasteiger partial charge in [0.25, 0.3) is 0 Å². The zero-order valence-electron chi connectivity index (χ0n) is 11.0. The third-order valence-electron chi connectivity index (χ3n) is 3.15. The van der Waals surface area contributed by atoms with E-state index in [4.69, 9.17) is 29.0 Å². The first-order valence-corrected chi connectivity index (χ1v) is 7.88. The summed E-state index contributed by atoms with van der Waals surface area (Å²) in [7, 11) is 0. The first-order chi connectivity index (χ1) is 9.99. The summed E-state index contributed by atoms with van der Waals surface area (Å²) in [6, 6.07) is 10.0. The highest BCUT2D eigenvalue weighted by Crippen LogP contribution is 2.26. The molecule has 112 valence electrons. The van der Waals surface area contributed by atoms with Gasteiger partial charge in [-0.25, -0.2) is 4.39 Å². The monoisotopic (exact) mass is 390 g/mol. The molecule has 0 aliphatic carbocycles. The molecule has 0 fully saturated rings. The molecule has 2 aromatic rings. The van der Waals surface area contributed by atoms with Crippen molar-refractivity contribution in [3.8, 4) is 0 Å². The van der Waals surface area contributed by atoms with Crippen molar-refractivity contribution in [3.05, 3.63) is 67.9 Å². The summed E-state index contributed by atoms with van der Waals surface area (Å²) >= 11 is 15.6. The van der Waals surface area contributed by atoms with E-state index >= 15 is 0 Å². The first-order valence-electron chi connectivity index (χ1n) is 6.33. The lowest BCUT2D eigenvalue weighted by Crippen LogP contribution is -2.38. The molecule has 0 aromatic heterocycles. The highest BCUT2D eigenvalue weighted by Gasteiger charge is 2.14. The van der Waals surface area contributed by atoms with Crippen molar-refractivity contribution in [1.82, 2.24) is 5.43 Å². The second-order valence-corrected chi connectivity index (χ2v) is 6.48. The van der Waals surface area contributed by atoms with Crippen molar-refractivity contribution in [2.75, 3.05) is 0 Å². The minimum atomic E-state index is -0.286. The molecule has 0 saturated carbocycles. The molecule has 1 unspecified atom stereocenters. The number of halogens is 4. The van der Waals surface area contributed by atoms with E-state index in [1.165, 1.54) is 12.1 Å². The number of benzene rings is 2. The van der Waals surface area contributed by atoms with Gasteiger partial charge < -0.3 is 0 Å². The van der Waals surface area contributed by atoms with Crippen LogP contribution in [0.2, 0.25) is 10.0 Å². The fourth-order valence-electron chi connectivity index (χ4n) is 2.18. The zero-order valence-corrected chi connectivity index (χ0v) is 14.1. The Hall–Kier alpha value is -0.650. The molecule has 0 aliphatic heterocycles. The van der Waals surface area contributed by atoms with E-state index in [9.17, 15) is 4.39 Å². The van der Waals surface area contributed by atoms with Crippen LogP contribution >= 0.6 is 39.1 Å². The lowest BCUT2D eigenvalue weighted by Gasteiger charge is -2.18. The molecule has 0 amide bonds. The third-order valence-corrected chi connectivity index (χ3v) is 4.32. The van der Waals surface area contributed by atoms with Gasteiger partial charge in [0, 0.05) is 20.6 Å². The van der Waals surface area contributed by atoms with E-state index in [1.807, 2.05) is 6.07 Å². The van der Waals surface area contributed by atoms with Gasteiger partial charge in [-0.3, -0.25) is 11.3 Å². The maximum Gasteiger partial charge on any atom is 0.124 e. The van der Waals surface area contributed by atoms with Crippen molar-refractivity contribution in [3.63, 3.8) is 0 Å². The van der Waals surface area contributed by atoms with Crippen molar-refractivity contribution in [2.24, 2.45) is 5.84 Å². The maximum atomic E-state index is 13.4. The Labute approximate surface area is 141 Å². The first kappa shape index (κ1) is 16.7. The van der Waals surface area contributed by atoms with Gasteiger partial charge in [-0.05, 0) is 54.3 Å². The van der Waals surface area contributed by atoms with Crippen LogP contribution in [0, 0.1) is 5.82 Å². The van der Waals surface area contributed by atoms with Gasteiger partial charge in [0.05, 0.1) is 0 Å². The summed E-state index contributed by atoms with van der Waals surface area (Å²) in [6.07, 6.45) is 1.12. The Morgan fingerprint density at radius 2 is 1.81 bits per heavy atom. The quantitative estimate of drug-likeness (QED) is 0.581. The van der Waals surface area contributed by atoms with Crippen LogP contribution in [-0.4, -0.2) is 6.04 Å².